The molecule has 1 amide bonds. The fraction of sp³-hybridized carbons (Fsp3) is 0.263. The number of rotatable bonds is 6. The molecule has 0 aromatic carbocycles. The van der Waals surface area contributed by atoms with Crippen LogP contribution in [0.2, 0.25) is 0 Å². The number of pyridine rings is 2. The molecule has 27 heavy (non-hydrogen) atoms. The summed E-state index contributed by atoms with van der Waals surface area (Å²) in [6.45, 7) is 6.49. The third-order valence-electron chi connectivity index (χ3n) is 4.27. The van der Waals surface area contributed by atoms with E-state index in [4.69, 9.17) is 10.5 Å². The Morgan fingerprint density at radius 1 is 1.48 bits per heavy atom. The predicted octanol–water partition coefficient (Wildman–Crippen LogP) is 0.588. The van der Waals surface area contributed by atoms with Crippen molar-refractivity contribution in [1.29, 1.82) is 0 Å². The summed E-state index contributed by atoms with van der Waals surface area (Å²) in [5.41, 5.74) is 8.06. The zero-order valence-corrected chi connectivity index (χ0v) is 15.4. The van der Waals surface area contributed by atoms with Crippen molar-refractivity contribution in [2.45, 2.75) is 13.5 Å². The highest BCUT2D eigenvalue weighted by Crippen LogP contribution is 2.15. The van der Waals surface area contributed by atoms with Gasteiger partial charge in [0.25, 0.3) is 17.1 Å². The third-order valence-corrected chi connectivity index (χ3v) is 4.27. The maximum Gasteiger partial charge on any atom is 0.278 e. The van der Waals surface area contributed by atoms with Crippen molar-refractivity contribution in [3.8, 4) is 0 Å². The molecular formula is C19H22N5O3+. The second-order valence-electron chi connectivity index (χ2n) is 6.18. The maximum atomic E-state index is 13.1. The van der Waals surface area contributed by atoms with E-state index >= 15 is 0 Å². The van der Waals surface area contributed by atoms with Crippen LogP contribution in [0.3, 0.4) is 0 Å². The SMILES string of the molecule is C=CCNC(=O)c1cc2c(=O)n3cc(C)ccc3nc2[n+](CCOC)c1N. The molecule has 3 heterocycles. The van der Waals surface area contributed by atoms with E-state index in [0.717, 1.165) is 5.56 Å². The van der Waals surface area contributed by atoms with Crippen LogP contribution in [0.25, 0.3) is 16.7 Å². The molecule has 3 N–H and O–H groups in total. The number of methoxy groups -OCH3 is 1. The molecule has 0 aliphatic heterocycles. The van der Waals surface area contributed by atoms with Gasteiger partial charge in [-0.2, -0.15) is 0 Å². The van der Waals surface area contributed by atoms with Crippen LogP contribution in [-0.4, -0.2) is 35.6 Å². The lowest BCUT2D eigenvalue weighted by Crippen LogP contribution is -2.44. The lowest BCUT2D eigenvalue weighted by atomic mass is 10.1. The fourth-order valence-corrected chi connectivity index (χ4v) is 2.91. The number of carbonyl (C=O) groups is 1. The number of nitrogens with one attached hydrogen (secondary N) is 1. The minimum atomic E-state index is -0.380. The van der Waals surface area contributed by atoms with E-state index in [-0.39, 0.29) is 22.8 Å². The van der Waals surface area contributed by atoms with Crippen LogP contribution < -0.4 is 21.2 Å². The number of ether oxygens (including phenoxy) is 1. The molecule has 0 unspecified atom stereocenters. The van der Waals surface area contributed by atoms with Crippen molar-refractivity contribution >= 4 is 28.4 Å². The Bertz CT molecular complexity index is 1100. The van der Waals surface area contributed by atoms with Gasteiger partial charge in [0.05, 0.1) is 13.2 Å². The van der Waals surface area contributed by atoms with Crippen LogP contribution in [0, 0.1) is 6.92 Å². The molecule has 3 aromatic heterocycles. The van der Waals surface area contributed by atoms with E-state index < -0.39 is 0 Å². The largest absolute Gasteiger partial charge is 0.381 e. The molecule has 0 aliphatic rings. The van der Waals surface area contributed by atoms with Crippen molar-refractivity contribution in [2.24, 2.45) is 0 Å². The van der Waals surface area contributed by atoms with E-state index in [1.54, 1.807) is 30.0 Å². The third kappa shape index (κ3) is 3.39. The number of anilines is 1. The summed E-state index contributed by atoms with van der Waals surface area (Å²) in [6.07, 6.45) is 3.29. The Balaban J connectivity index is 2.35. The maximum absolute atomic E-state index is 13.1. The molecule has 0 radical (unpaired) electrons. The normalized spacial score (nSPS) is 11.0. The quantitative estimate of drug-likeness (QED) is 0.377. The second kappa shape index (κ2) is 7.55. The van der Waals surface area contributed by atoms with Crippen LogP contribution in [-0.2, 0) is 11.3 Å². The number of nitrogens with two attached hydrogens (primary N) is 1. The summed E-state index contributed by atoms with van der Waals surface area (Å²) >= 11 is 0. The van der Waals surface area contributed by atoms with Gasteiger partial charge in [-0.25, -0.2) is 4.57 Å². The molecule has 0 atom stereocenters. The van der Waals surface area contributed by atoms with E-state index in [2.05, 4.69) is 16.9 Å². The first kappa shape index (κ1) is 18.5. The molecule has 8 heteroatoms. The van der Waals surface area contributed by atoms with Gasteiger partial charge in [-0.05, 0) is 24.6 Å². The number of aryl methyl sites for hydroxylation is 1. The second-order valence-corrected chi connectivity index (χ2v) is 6.18. The van der Waals surface area contributed by atoms with Gasteiger partial charge in [0.1, 0.15) is 10.9 Å². The minimum absolute atomic E-state index is 0.215. The molecule has 0 saturated heterocycles. The van der Waals surface area contributed by atoms with Crippen LogP contribution >= 0.6 is 0 Å². The molecule has 0 spiro atoms. The van der Waals surface area contributed by atoms with Gasteiger partial charge in [-0.15, -0.1) is 6.58 Å². The molecule has 0 fully saturated rings. The first-order valence-electron chi connectivity index (χ1n) is 8.51. The predicted molar refractivity (Wildman–Crippen MR) is 103 cm³/mol. The van der Waals surface area contributed by atoms with Gasteiger partial charge in [0, 0.05) is 19.9 Å². The Morgan fingerprint density at radius 3 is 2.96 bits per heavy atom. The van der Waals surface area contributed by atoms with Crippen LogP contribution in [0.5, 0.6) is 0 Å². The van der Waals surface area contributed by atoms with Gasteiger partial charge in [-0.1, -0.05) is 17.1 Å². The average Bonchev–Trinajstić information content (AvgIpc) is 2.66. The average molecular weight is 368 g/mol. The highest BCUT2D eigenvalue weighted by Gasteiger charge is 2.24. The number of amides is 1. The summed E-state index contributed by atoms with van der Waals surface area (Å²) in [7, 11) is 1.57. The molecule has 3 rings (SSSR count). The van der Waals surface area contributed by atoms with E-state index in [1.165, 1.54) is 10.5 Å². The Hall–Kier alpha value is -3.26. The van der Waals surface area contributed by atoms with Gasteiger partial charge in [-0.3, -0.25) is 14.0 Å². The van der Waals surface area contributed by atoms with Gasteiger partial charge in [0.15, 0.2) is 0 Å². The zero-order valence-electron chi connectivity index (χ0n) is 15.4. The summed E-state index contributed by atoms with van der Waals surface area (Å²) in [4.78, 5) is 30.2. The van der Waals surface area contributed by atoms with Crippen LogP contribution in [0.1, 0.15) is 15.9 Å². The monoisotopic (exact) mass is 368 g/mol. The Morgan fingerprint density at radius 2 is 2.26 bits per heavy atom. The summed E-state index contributed by atoms with van der Waals surface area (Å²) < 4.78 is 8.26. The van der Waals surface area contributed by atoms with Crippen molar-refractivity contribution in [2.75, 3.05) is 26.0 Å². The van der Waals surface area contributed by atoms with E-state index in [1.807, 2.05) is 13.0 Å². The first-order valence-corrected chi connectivity index (χ1v) is 8.51. The van der Waals surface area contributed by atoms with Crippen molar-refractivity contribution in [3.63, 3.8) is 0 Å². The number of aromatic nitrogens is 3. The zero-order chi connectivity index (χ0) is 19.6. The summed E-state index contributed by atoms with van der Waals surface area (Å²) in [6, 6.07) is 5.15. The number of hydrogen-bond acceptors (Lipinski definition) is 5. The molecule has 8 nitrogen and oxygen atoms in total. The smallest absolute Gasteiger partial charge is 0.278 e. The van der Waals surface area contributed by atoms with E-state index in [9.17, 15) is 9.59 Å². The lowest BCUT2D eigenvalue weighted by Gasteiger charge is -2.12. The number of carbonyl (C=O) groups excluding carboxylic acids is 1. The van der Waals surface area contributed by atoms with Gasteiger partial charge >= 0.3 is 0 Å². The molecule has 0 saturated carbocycles. The number of fused-ring (bicyclic) bond motifs is 2. The molecule has 0 aliphatic carbocycles. The number of nitrogen functional groups attached to an aromatic ring is 1. The van der Waals surface area contributed by atoms with Crippen LogP contribution in [0.15, 0.2) is 41.8 Å². The number of hydrogen-bond donors (Lipinski definition) is 2. The van der Waals surface area contributed by atoms with Crippen molar-refractivity contribution in [3.05, 3.63) is 58.5 Å². The lowest BCUT2D eigenvalue weighted by molar-refractivity contribution is -0.660. The minimum Gasteiger partial charge on any atom is -0.381 e. The fourth-order valence-electron chi connectivity index (χ4n) is 2.91. The molecule has 140 valence electrons. The molecule has 3 aromatic rings. The highest BCUT2D eigenvalue weighted by molar-refractivity contribution is 6.00. The first-order chi connectivity index (χ1) is 13.0. The topological polar surface area (TPSA) is 103 Å². The molecule has 0 bridgehead atoms. The van der Waals surface area contributed by atoms with Crippen LogP contribution in [0.4, 0.5) is 5.82 Å². The highest BCUT2D eigenvalue weighted by atomic mass is 16.5. The Labute approximate surface area is 155 Å². The standard InChI is InChI=1S/C19H21N5O3/c1-4-7-21-18(25)13-10-14-17(23(16(13)20)8-9-27-3)22-15-6-5-12(2)11-24(15)19(14)26/h4-6,10-11,20H,1,7-9H2,2-3H3,(H,21,25)/p+1. The van der Waals surface area contributed by atoms with Gasteiger partial charge in [0.2, 0.25) is 11.5 Å². The van der Waals surface area contributed by atoms with Gasteiger partial charge < -0.3 is 15.8 Å². The summed E-state index contributed by atoms with van der Waals surface area (Å²) in [5.74, 6) is -0.154. The van der Waals surface area contributed by atoms with Crippen molar-refractivity contribution in [1.82, 2.24) is 14.7 Å². The Kier molecular flexibility index (Phi) is 5.18. The summed E-state index contributed by atoms with van der Waals surface area (Å²) in [5, 5.41) is 3.00. The number of nitrogens with zero attached hydrogens (tertiary/aromatic N) is 3. The van der Waals surface area contributed by atoms with E-state index in [0.29, 0.717) is 36.4 Å². The van der Waals surface area contributed by atoms with Crippen molar-refractivity contribution < 1.29 is 14.1 Å². The molecular weight excluding hydrogens is 346 g/mol.